The van der Waals surface area contributed by atoms with Gasteiger partial charge in [-0.3, -0.25) is 4.79 Å². The molecule has 6 heteroatoms. The fourth-order valence-electron chi connectivity index (χ4n) is 2.68. The van der Waals surface area contributed by atoms with Gasteiger partial charge in [-0.1, -0.05) is 11.6 Å². The Balaban J connectivity index is 2.18. The molecule has 0 saturated carbocycles. The second-order valence-corrected chi connectivity index (χ2v) is 6.00. The molecule has 0 unspecified atom stereocenters. The molecule has 0 bridgehead atoms. The first kappa shape index (κ1) is 19.9. The van der Waals surface area contributed by atoms with Crippen molar-refractivity contribution in [3.05, 3.63) is 47.0 Å². The third-order valence-electron chi connectivity index (χ3n) is 4.03. The van der Waals surface area contributed by atoms with Gasteiger partial charge in [0.25, 0.3) is 5.91 Å². The Morgan fingerprint density at radius 3 is 2.31 bits per heavy atom. The van der Waals surface area contributed by atoms with Crippen molar-refractivity contribution in [1.82, 2.24) is 0 Å². The molecule has 2 aromatic carbocycles. The molecule has 0 spiro atoms. The summed E-state index contributed by atoms with van der Waals surface area (Å²) in [5.41, 5.74) is 2.25. The average Bonchev–Trinajstić information content (AvgIpc) is 2.65. The van der Waals surface area contributed by atoms with Crippen LogP contribution in [0.5, 0.6) is 11.5 Å². The maximum absolute atomic E-state index is 12.6. The van der Waals surface area contributed by atoms with Crippen LogP contribution in [0.25, 0.3) is 0 Å². The zero-order valence-electron chi connectivity index (χ0n) is 15.6. The van der Waals surface area contributed by atoms with E-state index >= 15 is 0 Å². The molecule has 0 heterocycles. The van der Waals surface area contributed by atoms with Gasteiger partial charge in [0.05, 0.1) is 18.7 Å². The van der Waals surface area contributed by atoms with Crippen molar-refractivity contribution in [1.29, 1.82) is 0 Å². The summed E-state index contributed by atoms with van der Waals surface area (Å²) < 4.78 is 10.8. The van der Waals surface area contributed by atoms with Gasteiger partial charge in [0, 0.05) is 30.0 Å². The minimum absolute atomic E-state index is 0.260. The van der Waals surface area contributed by atoms with Gasteiger partial charge in [0.15, 0.2) is 11.5 Å². The molecule has 0 aliphatic rings. The zero-order valence-corrected chi connectivity index (χ0v) is 16.4. The summed E-state index contributed by atoms with van der Waals surface area (Å²) in [6.07, 6.45) is 0. The Bertz CT molecular complexity index is 743. The molecule has 2 rings (SSSR count). The van der Waals surface area contributed by atoms with E-state index in [0.717, 1.165) is 24.5 Å². The average molecular weight is 377 g/mol. The third-order valence-corrected chi connectivity index (χ3v) is 4.31. The number of hydrogen-bond acceptors (Lipinski definition) is 4. The van der Waals surface area contributed by atoms with Crippen LogP contribution in [0.4, 0.5) is 11.4 Å². The van der Waals surface area contributed by atoms with Gasteiger partial charge in [0.1, 0.15) is 0 Å². The van der Waals surface area contributed by atoms with Crippen LogP contribution in [0.15, 0.2) is 36.4 Å². The number of amides is 1. The largest absolute Gasteiger partial charge is 0.493 e. The lowest BCUT2D eigenvalue weighted by molar-refractivity contribution is 0.102. The molecule has 0 fully saturated rings. The van der Waals surface area contributed by atoms with Crippen molar-refractivity contribution >= 4 is 28.9 Å². The third kappa shape index (κ3) is 4.61. The monoisotopic (exact) mass is 376 g/mol. The smallest absolute Gasteiger partial charge is 0.255 e. The van der Waals surface area contributed by atoms with Crippen LogP contribution < -0.4 is 19.7 Å². The highest BCUT2D eigenvalue weighted by molar-refractivity contribution is 6.32. The number of carbonyl (C=O) groups is 1. The van der Waals surface area contributed by atoms with Crippen molar-refractivity contribution in [3.8, 4) is 11.5 Å². The number of halogens is 1. The highest BCUT2D eigenvalue weighted by atomic mass is 35.5. The molecule has 0 saturated heterocycles. The predicted octanol–water partition coefficient (Wildman–Crippen LogP) is 4.85. The van der Waals surface area contributed by atoms with Crippen molar-refractivity contribution in [3.63, 3.8) is 0 Å². The first-order valence-electron chi connectivity index (χ1n) is 8.70. The summed E-state index contributed by atoms with van der Waals surface area (Å²) in [6, 6.07) is 11.0. The van der Waals surface area contributed by atoms with Crippen LogP contribution in [0.2, 0.25) is 5.02 Å². The number of benzene rings is 2. The second kappa shape index (κ2) is 9.34. The van der Waals surface area contributed by atoms with E-state index in [9.17, 15) is 4.79 Å². The molecule has 0 radical (unpaired) electrons. The van der Waals surface area contributed by atoms with E-state index < -0.39 is 0 Å². The van der Waals surface area contributed by atoms with Crippen molar-refractivity contribution < 1.29 is 14.3 Å². The molecule has 140 valence electrons. The number of carbonyl (C=O) groups excluding carboxylic acids is 1. The number of ether oxygens (including phenoxy) is 2. The van der Waals surface area contributed by atoms with Crippen molar-refractivity contribution in [2.45, 2.75) is 20.8 Å². The molecule has 0 aliphatic heterocycles. The maximum atomic E-state index is 12.6. The number of hydrogen-bond donors (Lipinski definition) is 1. The van der Waals surface area contributed by atoms with Gasteiger partial charge in [-0.15, -0.1) is 0 Å². The Morgan fingerprint density at radius 2 is 1.77 bits per heavy atom. The number of anilines is 2. The summed E-state index contributed by atoms with van der Waals surface area (Å²) in [4.78, 5) is 14.8. The summed E-state index contributed by atoms with van der Waals surface area (Å²) >= 11 is 6.24. The normalized spacial score (nSPS) is 10.3. The molecule has 2 aromatic rings. The van der Waals surface area contributed by atoms with Gasteiger partial charge >= 0.3 is 0 Å². The zero-order chi connectivity index (χ0) is 19.1. The van der Waals surface area contributed by atoms with Gasteiger partial charge in [0.2, 0.25) is 0 Å². The summed E-state index contributed by atoms with van der Waals surface area (Å²) in [7, 11) is 1.52. The minimum atomic E-state index is -0.260. The second-order valence-electron chi connectivity index (χ2n) is 5.60. The van der Waals surface area contributed by atoms with Crippen LogP contribution in [0.1, 0.15) is 31.1 Å². The van der Waals surface area contributed by atoms with E-state index in [1.54, 1.807) is 12.1 Å². The lowest BCUT2D eigenvalue weighted by atomic mass is 10.1. The van der Waals surface area contributed by atoms with Crippen molar-refractivity contribution in [2.24, 2.45) is 0 Å². The van der Waals surface area contributed by atoms with Crippen LogP contribution >= 0.6 is 11.6 Å². The Hall–Kier alpha value is -2.40. The topological polar surface area (TPSA) is 50.8 Å². The molecule has 0 aromatic heterocycles. The molecule has 26 heavy (non-hydrogen) atoms. The van der Waals surface area contributed by atoms with Gasteiger partial charge in [-0.2, -0.15) is 0 Å². The fraction of sp³-hybridized carbons (Fsp3) is 0.350. The highest BCUT2D eigenvalue weighted by Gasteiger charge is 2.16. The number of nitrogens with zero attached hydrogens (tertiary/aromatic N) is 1. The fourth-order valence-corrected chi connectivity index (χ4v) is 2.95. The first-order chi connectivity index (χ1) is 12.5. The van der Waals surface area contributed by atoms with E-state index in [0.29, 0.717) is 28.7 Å². The SMILES string of the molecule is CCOc1c(Cl)cc(C(=O)Nc2ccc(N(CC)CC)cc2)cc1OC. The Morgan fingerprint density at radius 1 is 1.12 bits per heavy atom. The number of nitrogens with one attached hydrogen (secondary N) is 1. The molecule has 5 nitrogen and oxygen atoms in total. The van der Waals surface area contributed by atoms with E-state index in [1.807, 2.05) is 31.2 Å². The molecule has 1 N–H and O–H groups in total. The molecule has 0 atom stereocenters. The van der Waals surface area contributed by atoms with E-state index in [1.165, 1.54) is 7.11 Å². The van der Waals surface area contributed by atoms with E-state index in [4.69, 9.17) is 21.1 Å². The lowest BCUT2D eigenvalue weighted by Gasteiger charge is -2.21. The highest BCUT2D eigenvalue weighted by Crippen LogP contribution is 2.36. The van der Waals surface area contributed by atoms with Gasteiger partial charge in [-0.25, -0.2) is 0 Å². The predicted molar refractivity (Wildman–Crippen MR) is 107 cm³/mol. The van der Waals surface area contributed by atoms with Crippen molar-refractivity contribution in [2.75, 3.05) is 37.0 Å². The molecule has 0 aliphatic carbocycles. The lowest BCUT2D eigenvalue weighted by Crippen LogP contribution is -2.21. The standard InChI is InChI=1S/C20H25ClN2O3/c1-5-23(6-2)16-10-8-15(9-11-16)22-20(24)14-12-17(21)19(26-7-3)18(13-14)25-4/h8-13H,5-7H2,1-4H3,(H,22,24). The Labute approximate surface area is 159 Å². The van der Waals surface area contributed by atoms with Crippen LogP contribution in [-0.4, -0.2) is 32.7 Å². The summed E-state index contributed by atoms with van der Waals surface area (Å²) in [5, 5.41) is 3.22. The van der Waals surface area contributed by atoms with Gasteiger partial charge in [-0.05, 0) is 57.2 Å². The summed E-state index contributed by atoms with van der Waals surface area (Å²) in [5.74, 6) is 0.613. The van der Waals surface area contributed by atoms with E-state index in [-0.39, 0.29) is 5.91 Å². The Kier molecular flexibility index (Phi) is 7.16. The van der Waals surface area contributed by atoms with E-state index in [2.05, 4.69) is 24.1 Å². The molecule has 1 amide bonds. The number of rotatable bonds is 8. The first-order valence-corrected chi connectivity index (χ1v) is 9.08. The van der Waals surface area contributed by atoms with Crippen LogP contribution in [0.3, 0.4) is 0 Å². The maximum Gasteiger partial charge on any atom is 0.255 e. The number of methoxy groups -OCH3 is 1. The quantitative estimate of drug-likeness (QED) is 0.715. The minimum Gasteiger partial charge on any atom is -0.493 e. The summed E-state index contributed by atoms with van der Waals surface area (Å²) in [6.45, 7) is 8.42. The van der Waals surface area contributed by atoms with Crippen LogP contribution in [-0.2, 0) is 0 Å². The van der Waals surface area contributed by atoms with Crippen LogP contribution in [0, 0.1) is 0 Å². The molecular weight excluding hydrogens is 352 g/mol. The molecular formula is C20H25ClN2O3. The van der Waals surface area contributed by atoms with Gasteiger partial charge < -0.3 is 19.7 Å².